The molecule has 1 aliphatic rings. The van der Waals surface area contributed by atoms with Crippen LogP contribution in [-0.4, -0.2) is 34.7 Å². The van der Waals surface area contributed by atoms with Crippen molar-refractivity contribution in [3.05, 3.63) is 52.2 Å². The van der Waals surface area contributed by atoms with Gasteiger partial charge in [0.25, 0.3) is 5.56 Å². The van der Waals surface area contributed by atoms with E-state index in [0.717, 1.165) is 12.8 Å². The van der Waals surface area contributed by atoms with Crippen LogP contribution in [0.3, 0.4) is 0 Å². The maximum Gasteiger partial charge on any atom is 0.254 e. The van der Waals surface area contributed by atoms with Crippen LogP contribution in [0, 0.1) is 5.82 Å². The van der Waals surface area contributed by atoms with Gasteiger partial charge in [-0.1, -0.05) is 19.1 Å². The van der Waals surface area contributed by atoms with Gasteiger partial charge < -0.3 is 10.1 Å². The largest absolute Gasteiger partial charge is 0.376 e. The summed E-state index contributed by atoms with van der Waals surface area (Å²) in [6.07, 6.45) is 2.51. The van der Waals surface area contributed by atoms with E-state index in [1.807, 2.05) is 6.92 Å². The molecule has 1 aliphatic heterocycles. The highest BCUT2D eigenvalue weighted by molar-refractivity contribution is 5.76. The number of aromatic nitrogens is 2. The lowest BCUT2D eigenvalue weighted by Gasteiger charge is -2.15. The highest BCUT2D eigenvalue weighted by Crippen LogP contribution is 2.17. The van der Waals surface area contributed by atoms with Crippen LogP contribution in [0.4, 0.5) is 4.39 Å². The smallest absolute Gasteiger partial charge is 0.254 e. The van der Waals surface area contributed by atoms with E-state index in [-0.39, 0.29) is 24.1 Å². The van der Waals surface area contributed by atoms with Crippen molar-refractivity contribution in [2.24, 2.45) is 0 Å². The molecule has 1 saturated heterocycles. The number of nitrogens with one attached hydrogen (secondary N) is 1. The monoisotopic (exact) mass is 359 g/mol. The van der Waals surface area contributed by atoms with Crippen LogP contribution in [0.15, 0.2) is 35.1 Å². The zero-order valence-corrected chi connectivity index (χ0v) is 14.7. The van der Waals surface area contributed by atoms with Crippen molar-refractivity contribution in [2.45, 2.75) is 38.8 Å². The second-order valence-corrected chi connectivity index (χ2v) is 6.30. The number of hydrogen-bond acceptors (Lipinski definition) is 4. The van der Waals surface area contributed by atoms with Crippen molar-refractivity contribution >= 4 is 5.91 Å². The lowest BCUT2D eigenvalue weighted by molar-refractivity contribution is -0.122. The highest BCUT2D eigenvalue weighted by atomic mass is 19.1. The number of carbonyl (C=O) groups excluding carboxylic acids is 1. The van der Waals surface area contributed by atoms with E-state index in [2.05, 4.69) is 10.3 Å². The molecule has 0 unspecified atom stereocenters. The topological polar surface area (TPSA) is 73.2 Å². The molecule has 0 saturated carbocycles. The minimum absolute atomic E-state index is 0.0268. The van der Waals surface area contributed by atoms with E-state index < -0.39 is 5.82 Å². The van der Waals surface area contributed by atoms with Gasteiger partial charge in [0.2, 0.25) is 5.91 Å². The number of carbonyl (C=O) groups is 1. The fourth-order valence-electron chi connectivity index (χ4n) is 2.97. The highest BCUT2D eigenvalue weighted by Gasteiger charge is 2.18. The predicted molar refractivity (Wildman–Crippen MR) is 95.3 cm³/mol. The third-order valence-electron chi connectivity index (χ3n) is 4.36. The van der Waals surface area contributed by atoms with E-state index in [0.29, 0.717) is 36.7 Å². The maximum absolute atomic E-state index is 13.6. The fourth-order valence-corrected chi connectivity index (χ4v) is 2.97. The quantitative estimate of drug-likeness (QED) is 0.855. The minimum Gasteiger partial charge on any atom is -0.376 e. The third kappa shape index (κ3) is 4.35. The van der Waals surface area contributed by atoms with Crippen molar-refractivity contribution in [2.75, 3.05) is 13.2 Å². The Morgan fingerprint density at radius 3 is 2.96 bits per heavy atom. The average Bonchev–Trinajstić information content (AvgIpc) is 3.15. The first-order valence-electron chi connectivity index (χ1n) is 8.82. The summed E-state index contributed by atoms with van der Waals surface area (Å²) in [6.45, 7) is 2.85. The predicted octanol–water partition coefficient (Wildman–Crippen LogP) is 1.91. The van der Waals surface area contributed by atoms with Gasteiger partial charge in [-0.3, -0.25) is 14.2 Å². The van der Waals surface area contributed by atoms with E-state index in [4.69, 9.17) is 4.74 Å². The molecule has 2 aromatic rings. The molecule has 0 bridgehead atoms. The Labute approximate surface area is 151 Å². The SMILES string of the molecule is CCc1cc(=O)n(CC(=O)NC[C@@H]2CCCO2)c(-c2cccc(F)c2)n1. The van der Waals surface area contributed by atoms with Crippen LogP contribution >= 0.6 is 0 Å². The number of amides is 1. The zero-order chi connectivity index (χ0) is 18.5. The Hall–Kier alpha value is -2.54. The molecule has 0 radical (unpaired) electrons. The molecule has 7 heteroatoms. The summed E-state index contributed by atoms with van der Waals surface area (Å²) in [4.78, 5) is 29.2. The van der Waals surface area contributed by atoms with Gasteiger partial charge in [0.15, 0.2) is 0 Å². The number of benzene rings is 1. The molecule has 138 valence electrons. The zero-order valence-electron chi connectivity index (χ0n) is 14.7. The Bertz CT molecular complexity index is 844. The Morgan fingerprint density at radius 1 is 1.42 bits per heavy atom. The normalized spacial score (nSPS) is 16.6. The summed E-state index contributed by atoms with van der Waals surface area (Å²) in [5.41, 5.74) is 0.734. The number of ether oxygens (including phenoxy) is 1. The Morgan fingerprint density at radius 2 is 2.27 bits per heavy atom. The molecule has 1 N–H and O–H groups in total. The maximum atomic E-state index is 13.6. The van der Waals surface area contributed by atoms with Crippen molar-refractivity contribution in [1.82, 2.24) is 14.9 Å². The van der Waals surface area contributed by atoms with Gasteiger partial charge in [-0.15, -0.1) is 0 Å². The molecule has 1 aromatic carbocycles. The average molecular weight is 359 g/mol. The summed E-state index contributed by atoms with van der Waals surface area (Å²) < 4.78 is 20.4. The van der Waals surface area contributed by atoms with Crippen LogP contribution in [-0.2, 0) is 22.5 Å². The van der Waals surface area contributed by atoms with Crippen LogP contribution in [0.2, 0.25) is 0 Å². The fraction of sp³-hybridized carbons (Fsp3) is 0.421. The molecule has 1 atom stereocenters. The van der Waals surface area contributed by atoms with Gasteiger partial charge in [0, 0.05) is 30.5 Å². The summed E-state index contributed by atoms with van der Waals surface area (Å²) in [7, 11) is 0. The van der Waals surface area contributed by atoms with Gasteiger partial charge in [0.05, 0.1) is 6.10 Å². The first-order chi connectivity index (χ1) is 12.6. The second kappa shape index (κ2) is 8.23. The van der Waals surface area contributed by atoms with Crippen molar-refractivity contribution in [3.8, 4) is 11.4 Å². The lowest BCUT2D eigenvalue weighted by atomic mass is 10.2. The van der Waals surface area contributed by atoms with Crippen LogP contribution in [0.5, 0.6) is 0 Å². The molecular formula is C19H22FN3O3. The number of halogens is 1. The summed E-state index contributed by atoms with van der Waals surface area (Å²) in [6, 6.07) is 7.27. The minimum atomic E-state index is -0.423. The lowest BCUT2D eigenvalue weighted by Crippen LogP contribution is -2.37. The molecular weight excluding hydrogens is 337 g/mol. The van der Waals surface area contributed by atoms with E-state index in [1.165, 1.54) is 22.8 Å². The van der Waals surface area contributed by atoms with E-state index >= 15 is 0 Å². The van der Waals surface area contributed by atoms with Gasteiger partial charge in [-0.2, -0.15) is 0 Å². The van der Waals surface area contributed by atoms with E-state index in [1.54, 1.807) is 12.1 Å². The van der Waals surface area contributed by atoms with Gasteiger partial charge in [-0.05, 0) is 31.4 Å². The molecule has 1 fully saturated rings. The molecule has 0 aliphatic carbocycles. The number of hydrogen-bond donors (Lipinski definition) is 1. The van der Waals surface area contributed by atoms with Crippen LogP contribution in [0.1, 0.15) is 25.5 Å². The number of aryl methyl sites for hydroxylation is 1. The van der Waals surface area contributed by atoms with Crippen LogP contribution < -0.4 is 10.9 Å². The molecule has 6 nitrogen and oxygen atoms in total. The van der Waals surface area contributed by atoms with Gasteiger partial charge in [-0.25, -0.2) is 9.37 Å². The first kappa shape index (κ1) is 18.3. The number of nitrogens with zero attached hydrogens (tertiary/aromatic N) is 2. The molecule has 26 heavy (non-hydrogen) atoms. The summed E-state index contributed by atoms with van der Waals surface area (Å²) >= 11 is 0. The van der Waals surface area contributed by atoms with E-state index in [9.17, 15) is 14.0 Å². The summed E-state index contributed by atoms with van der Waals surface area (Å²) in [5, 5.41) is 2.79. The third-order valence-corrected chi connectivity index (χ3v) is 4.36. The van der Waals surface area contributed by atoms with Crippen molar-refractivity contribution < 1.29 is 13.9 Å². The number of rotatable bonds is 6. The Kier molecular flexibility index (Phi) is 5.78. The second-order valence-electron chi connectivity index (χ2n) is 6.30. The summed E-state index contributed by atoms with van der Waals surface area (Å²) in [5.74, 6) is -0.430. The first-order valence-corrected chi connectivity index (χ1v) is 8.82. The molecule has 1 aromatic heterocycles. The molecule has 0 spiro atoms. The standard InChI is InChI=1S/C19H22FN3O3/c1-2-15-10-18(25)23(12-17(24)21-11-16-7-4-8-26-16)19(22-15)13-5-3-6-14(20)9-13/h3,5-6,9-10,16H,2,4,7-8,11-12H2,1H3,(H,21,24)/t16-/m0/s1. The van der Waals surface area contributed by atoms with Gasteiger partial charge in [0.1, 0.15) is 18.2 Å². The molecule has 1 amide bonds. The molecule has 3 rings (SSSR count). The van der Waals surface area contributed by atoms with Crippen molar-refractivity contribution in [1.29, 1.82) is 0 Å². The van der Waals surface area contributed by atoms with Crippen LogP contribution in [0.25, 0.3) is 11.4 Å². The van der Waals surface area contributed by atoms with Crippen molar-refractivity contribution in [3.63, 3.8) is 0 Å². The van der Waals surface area contributed by atoms with Gasteiger partial charge >= 0.3 is 0 Å². The molecule has 2 heterocycles. The Balaban J connectivity index is 1.85.